The second kappa shape index (κ2) is 7.88. The van der Waals surface area contributed by atoms with Crippen molar-refractivity contribution < 1.29 is 14.3 Å². The Bertz CT molecular complexity index is 885. The molecule has 6 nitrogen and oxygen atoms in total. The van der Waals surface area contributed by atoms with Gasteiger partial charge in [-0.2, -0.15) is 5.10 Å². The van der Waals surface area contributed by atoms with Gasteiger partial charge < -0.3 is 14.4 Å². The summed E-state index contributed by atoms with van der Waals surface area (Å²) in [5.41, 5.74) is 5.72. The van der Waals surface area contributed by atoms with Crippen molar-refractivity contribution in [2.45, 2.75) is 12.8 Å². The average Bonchev–Trinajstić information content (AvgIpc) is 2.68. The van der Waals surface area contributed by atoms with E-state index in [-0.39, 0.29) is 12.5 Å². The number of aryl methyl sites for hydroxylation is 1. The molecule has 0 aliphatic carbocycles. The van der Waals surface area contributed by atoms with Gasteiger partial charge in [-0.25, -0.2) is 5.43 Å². The quantitative estimate of drug-likeness (QED) is 0.649. The summed E-state index contributed by atoms with van der Waals surface area (Å²) in [6.07, 6.45) is 3.65. The van der Waals surface area contributed by atoms with Crippen LogP contribution >= 0.6 is 11.6 Å². The predicted molar refractivity (Wildman–Crippen MR) is 105 cm³/mol. The van der Waals surface area contributed by atoms with E-state index in [1.54, 1.807) is 18.3 Å². The second-order valence-corrected chi connectivity index (χ2v) is 6.88. The van der Waals surface area contributed by atoms with E-state index in [0.717, 1.165) is 30.6 Å². The van der Waals surface area contributed by atoms with Crippen LogP contribution in [0, 0.1) is 0 Å². The molecule has 1 amide bonds. The number of hydrazone groups is 1. The molecule has 0 saturated heterocycles. The highest BCUT2D eigenvalue weighted by Crippen LogP contribution is 2.37. The van der Waals surface area contributed by atoms with Crippen molar-refractivity contribution in [1.29, 1.82) is 0 Å². The Hall–Kier alpha value is -2.73. The molecule has 0 atom stereocenters. The lowest BCUT2D eigenvalue weighted by molar-refractivity contribution is -0.119. The maximum Gasteiger partial charge on any atom is 0.259 e. The fourth-order valence-electron chi connectivity index (χ4n) is 3.37. The third kappa shape index (κ3) is 4.01. The SMILES string of the molecule is O=C(CN1CCCc2ccccc21)N/N=C\c1cc(Cl)c2c(c1)OCCO2. The van der Waals surface area contributed by atoms with Crippen molar-refractivity contribution in [3.8, 4) is 11.5 Å². The molecule has 7 heteroatoms. The third-order valence-corrected chi connectivity index (χ3v) is 4.84. The number of carbonyl (C=O) groups is 1. The Balaban J connectivity index is 1.38. The molecule has 0 aromatic heterocycles. The van der Waals surface area contributed by atoms with Gasteiger partial charge >= 0.3 is 0 Å². The van der Waals surface area contributed by atoms with Crippen LogP contribution in [0.3, 0.4) is 0 Å². The van der Waals surface area contributed by atoms with E-state index in [1.807, 2.05) is 12.1 Å². The van der Waals surface area contributed by atoms with Crippen molar-refractivity contribution in [3.05, 3.63) is 52.5 Å². The first-order valence-corrected chi connectivity index (χ1v) is 9.32. The van der Waals surface area contributed by atoms with Gasteiger partial charge in [-0.3, -0.25) is 4.79 Å². The number of fused-ring (bicyclic) bond motifs is 2. The van der Waals surface area contributed by atoms with Gasteiger partial charge in [-0.05, 0) is 42.2 Å². The number of ether oxygens (including phenoxy) is 2. The van der Waals surface area contributed by atoms with Gasteiger partial charge in [0.2, 0.25) is 0 Å². The zero-order chi connectivity index (χ0) is 18.6. The van der Waals surface area contributed by atoms with E-state index in [1.165, 1.54) is 5.56 Å². The highest BCUT2D eigenvalue weighted by molar-refractivity contribution is 6.32. The molecule has 4 rings (SSSR count). The van der Waals surface area contributed by atoms with Crippen LogP contribution in [0.5, 0.6) is 11.5 Å². The highest BCUT2D eigenvalue weighted by Gasteiger charge is 2.19. The minimum atomic E-state index is -0.161. The molecule has 0 fully saturated rings. The summed E-state index contributed by atoms with van der Waals surface area (Å²) in [4.78, 5) is 14.4. The number of anilines is 1. The van der Waals surface area contributed by atoms with Crippen molar-refractivity contribution in [2.75, 3.05) is 31.2 Å². The molecule has 0 unspecified atom stereocenters. The Kier molecular flexibility index (Phi) is 5.16. The number of hydrogen-bond acceptors (Lipinski definition) is 5. The Morgan fingerprint density at radius 2 is 2.11 bits per heavy atom. The molecule has 1 N–H and O–H groups in total. The number of hydrogen-bond donors (Lipinski definition) is 1. The maximum absolute atomic E-state index is 12.3. The summed E-state index contributed by atoms with van der Waals surface area (Å²) in [5, 5.41) is 4.51. The minimum Gasteiger partial charge on any atom is -0.486 e. The first-order chi connectivity index (χ1) is 13.2. The van der Waals surface area contributed by atoms with Crippen LogP contribution in [0.15, 0.2) is 41.5 Å². The number of nitrogens with zero attached hydrogens (tertiary/aromatic N) is 2. The lowest BCUT2D eigenvalue weighted by Crippen LogP contribution is -2.38. The number of para-hydroxylation sites is 1. The summed E-state index contributed by atoms with van der Waals surface area (Å²) in [6, 6.07) is 11.7. The molecule has 2 aromatic carbocycles. The fraction of sp³-hybridized carbons (Fsp3) is 0.300. The molecule has 0 radical (unpaired) electrons. The van der Waals surface area contributed by atoms with Crippen LogP contribution in [-0.4, -0.2) is 38.4 Å². The third-order valence-electron chi connectivity index (χ3n) is 4.56. The Morgan fingerprint density at radius 1 is 1.26 bits per heavy atom. The molecule has 0 spiro atoms. The molecule has 2 aliphatic heterocycles. The molecule has 140 valence electrons. The smallest absolute Gasteiger partial charge is 0.259 e. The summed E-state index contributed by atoms with van der Waals surface area (Å²) < 4.78 is 11.0. The van der Waals surface area contributed by atoms with E-state index in [2.05, 4.69) is 27.6 Å². The normalized spacial score (nSPS) is 15.5. The maximum atomic E-state index is 12.3. The zero-order valence-corrected chi connectivity index (χ0v) is 15.5. The first kappa shape index (κ1) is 17.7. The number of benzene rings is 2. The molecular weight excluding hydrogens is 366 g/mol. The van der Waals surface area contributed by atoms with Crippen LogP contribution in [0.4, 0.5) is 5.69 Å². The van der Waals surface area contributed by atoms with E-state index < -0.39 is 0 Å². The van der Waals surface area contributed by atoms with Crippen molar-refractivity contribution in [2.24, 2.45) is 5.10 Å². The van der Waals surface area contributed by atoms with Gasteiger partial charge in [0.05, 0.1) is 17.8 Å². The molecule has 0 bridgehead atoms. The van der Waals surface area contributed by atoms with E-state index >= 15 is 0 Å². The van der Waals surface area contributed by atoms with E-state index in [4.69, 9.17) is 21.1 Å². The van der Waals surface area contributed by atoms with Crippen LogP contribution in [-0.2, 0) is 11.2 Å². The van der Waals surface area contributed by atoms with Crippen LogP contribution in [0.2, 0.25) is 5.02 Å². The van der Waals surface area contributed by atoms with Crippen LogP contribution < -0.4 is 19.8 Å². The van der Waals surface area contributed by atoms with Gasteiger partial charge in [0.25, 0.3) is 5.91 Å². The fourth-order valence-corrected chi connectivity index (χ4v) is 3.64. The summed E-state index contributed by atoms with van der Waals surface area (Å²) in [5.74, 6) is 0.978. The molecular formula is C20H20ClN3O3. The number of halogens is 1. The molecule has 2 aliphatic rings. The van der Waals surface area contributed by atoms with Crippen LogP contribution in [0.25, 0.3) is 0 Å². The van der Waals surface area contributed by atoms with Gasteiger partial charge in [-0.1, -0.05) is 29.8 Å². The molecule has 2 aromatic rings. The molecule has 27 heavy (non-hydrogen) atoms. The largest absolute Gasteiger partial charge is 0.486 e. The van der Waals surface area contributed by atoms with Gasteiger partial charge in [-0.15, -0.1) is 0 Å². The van der Waals surface area contributed by atoms with Crippen molar-refractivity contribution in [1.82, 2.24) is 5.43 Å². The topological polar surface area (TPSA) is 63.2 Å². The Morgan fingerprint density at radius 3 is 3.04 bits per heavy atom. The highest BCUT2D eigenvalue weighted by atomic mass is 35.5. The molecule has 0 saturated carbocycles. The number of carbonyl (C=O) groups excluding carboxylic acids is 1. The summed E-state index contributed by atoms with van der Waals surface area (Å²) >= 11 is 6.20. The number of rotatable bonds is 4. The van der Waals surface area contributed by atoms with Crippen molar-refractivity contribution >= 4 is 29.4 Å². The van der Waals surface area contributed by atoms with E-state index in [0.29, 0.717) is 29.7 Å². The second-order valence-electron chi connectivity index (χ2n) is 6.47. The predicted octanol–water partition coefficient (Wildman–Crippen LogP) is 3.01. The Labute approximate surface area is 162 Å². The van der Waals surface area contributed by atoms with Crippen molar-refractivity contribution in [3.63, 3.8) is 0 Å². The standard InChI is InChI=1S/C20H20ClN3O3/c21-16-10-14(11-18-20(16)27-9-8-26-18)12-22-23-19(25)13-24-7-3-5-15-4-1-2-6-17(15)24/h1-2,4,6,10-12H,3,5,7-9,13H2,(H,23,25)/b22-12-. The molecule has 2 heterocycles. The van der Waals surface area contributed by atoms with Gasteiger partial charge in [0.1, 0.15) is 13.2 Å². The van der Waals surface area contributed by atoms with Gasteiger partial charge in [0.15, 0.2) is 11.5 Å². The number of amides is 1. The monoisotopic (exact) mass is 385 g/mol. The zero-order valence-electron chi connectivity index (χ0n) is 14.8. The van der Waals surface area contributed by atoms with E-state index in [9.17, 15) is 4.79 Å². The minimum absolute atomic E-state index is 0.161. The summed E-state index contributed by atoms with van der Waals surface area (Å²) in [6.45, 7) is 2.11. The van der Waals surface area contributed by atoms with Crippen LogP contribution in [0.1, 0.15) is 17.5 Å². The first-order valence-electron chi connectivity index (χ1n) is 8.94. The lowest BCUT2D eigenvalue weighted by Gasteiger charge is -2.30. The summed E-state index contributed by atoms with van der Waals surface area (Å²) in [7, 11) is 0. The number of nitrogens with one attached hydrogen (secondary N) is 1. The van der Waals surface area contributed by atoms with Gasteiger partial charge in [0, 0.05) is 12.2 Å². The average molecular weight is 386 g/mol. The lowest BCUT2D eigenvalue weighted by atomic mass is 10.0.